The zero-order valence-corrected chi connectivity index (χ0v) is 19.2. The van der Waals surface area contributed by atoms with Gasteiger partial charge in [-0.2, -0.15) is 0 Å². The molecule has 1 fully saturated rings. The maximum atomic E-state index is 9.54. The first-order valence-corrected chi connectivity index (χ1v) is 9.75. The van der Waals surface area contributed by atoms with Gasteiger partial charge in [-0.15, -0.1) is 24.0 Å². The monoisotopic (exact) mass is 485 g/mol. The average Bonchev–Trinajstić information content (AvgIpc) is 2.60. The lowest BCUT2D eigenvalue weighted by Crippen LogP contribution is -2.41. The van der Waals surface area contributed by atoms with Crippen molar-refractivity contribution in [3.05, 3.63) is 0 Å². The molecule has 8 heteroatoms. The first kappa shape index (κ1) is 25.8. The van der Waals surface area contributed by atoms with Crippen molar-refractivity contribution in [2.45, 2.75) is 38.7 Å². The topological polar surface area (TPSA) is 72.4 Å². The fraction of sp³-hybridized carbons (Fsp3) is 0.944. The van der Waals surface area contributed by atoms with E-state index in [9.17, 15) is 5.11 Å². The molecule has 0 amide bonds. The Balaban J connectivity index is 0.00000625. The number of piperidine rings is 1. The number of aliphatic hydroxyl groups excluding tert-OH is 1. The SMILES string of the molecule is CCNC(=NCCCN1CCC(O)CC1)NCCN(C)CCCOC.I. The minimum absolute atomic E-state index is 0. The van der Waals surface area contributed by atoms with Gasteiger partial charge in [-0.25, -0.2) is 0 Å². The van der Waals surface area contributed by atoms with Crippen LogP contribution in [0.1, 0.15) is 32.6 Å². The van der Waals surface area contributed by atoms with Crippen molar-refractivity contribution in [1.29, 1.82) is 0 Å². The van der Waals surface area contributed by atoms with E-state index in [-0.39, 0.29) is 30.1 Å². The van der Waals surface area contributed by atoms with Crippen LogP contribution in [-0.2, 0) is 4.74 Å². The minimum Gasteiger partial charge on any atom is -0.393 e. The van der Waals surface area contributed by atoms with E-state index in [1.165, 1.54) is 0 Å². The van der Waals surface area contributed by atoms with Crippen LogP contribution in [0.25, 0.3) is 0 Å². The van der Waals surface area contributed by atoms with E-state index in [0.29, 0.717) is 0 Å². The van der Waals surface area contributed by atoms with E-state index in [1.807, 2.05) is 0 Å². The fourth-order valence-corrected chi connectivity index (χ4v) is 2.93. The molecule has 0 bridgehead atoms. The van der Waals surface area contributed by atoms with Gasteiger partial charge in [-0.1, -0.05) is 0 Å². The van der Waals surface area contributed by atoms with Crippen molar-refractivity contribution in [3.63, 3.8) is 0 Å². The first-order chi connectivity index (χ1) is 12.2. The number of halogens is 1. The fourth-order valence-electron chi connectivity index (χ4n) is 2.93. The zero-order chi connectivity index (χ0) is 18.3. The van der Waals surface area contributed by atoms with Gasteiger partial charge < -0.3 is 30.3 Å². The smallest absolute Gasteiger partial charge is 0.191 e. The van der Waals surface area contributed by atoms with Crippen LogP contribution in [0.15, 0.2) is 4.99 Å². The molecule has 1 heterocycles. The molecule has 0 radical (unpaired) electrons. The Kier molecular flexibility index (Phi) is 16.9. The number of hydrogen-bond acceptors (Lipinski definition) is 5. The predicted molar refractivity (Wildman–Crippen MR) is 120 cm³/mol. The van der Waals surface area contributed by atoms with E-state index in [2.05, 4.69) is 39.4 Å². The number of guanidine groups is 1. The first-order valence-electron chi connectivity index (χ1n) is 9.75. The molecule has 0 unspecified atom stereocenters. The molecule has 7 nitrogen and oxygen atoms in total. The molecule has 0 aromatic heterocycles. The Bertz CT molecular complexity index is 352. The van der Waals surface area contributed by atoms with E-state index in [4.69, 9.17) is 4.74 Å². The Labute approximate surface area is 177 Å². The van der Waals surface area contributed by atoms with E-state index >= 15 is 0 Å². The summed E-state index contributed by atoms with van der Waals surface area (Å²) >= 11 is 0. The second-order valence-electron chi connectivity index (χ2n) is 6.76. The predicted octanol–water partition coefficient (Wildman–Crippen LogP) is 0.975. The van der Waals surface area contributed by atoms with Crippen LogP contribution >= 0.6 is 24.0 Å². The third-order valence-corrected chi connectivity index (χ3v) is 4.48. The van der Waals surface area contributed by atoms with Gasteiger partial charge in [0.05, 0.1) is 6.10 Å². The highest BCUT2D eigenvalue weighted by molar-refractivity contribution is 14.0. The third kappa shape index (κ3) is 13.1. The largest absolute Gasteiger partial charge is 0.393 e. The van der Waals surface area contributed by atoms with Crippen molar-refractivity contribution >= 4 is 29.9 Å². The summed E-state index contributed by atoms with van der Waals surface area (Å²) < 4.78 is 5.08. The Morgan fingerprint density at radius 2 is 1.96 bits per heavy atom. The van der Waals surface area contributed by atoms with Crippen molar-refractivity contribution in [3.8, 4) is 0 Å². The molecule has 0 aromatic carbocycles. The van der Waals surface area contributed by atoms with Gasteiger partial charge in [0.15, 0.2) is 5.96 Å². The Hall–Kier alpha value is -0.160. The van der Waals surface area contributed by atoms with E-state index < -0.39 is 0 Å². The lowest BCUT2D eigenvalue weighted by Gasteiger charge is -2.29. The van der Waals surface area contributed by atoms with Crippen LogP contribution in [0.2, 0.25) is 0 Å². The summed E-state index contributed by atoms with van der Waals surface area (Å²) in [6.45, 7) is 10.6. The average molecular weight is 485 g/mol. The second kappa shape index (κ2) is 17.0. The molecule has 0 saturated carbocycles. The number of nitrogens with one attached hydrogen (secondary N) is 2. The number of hydrogen-bond donors (Lipinski definition) is 3. The molecular weight excluding hydrogens is 445 g/mol. The molecule has 0 atom stereocenters. The number of methoxy groups -OCH3 is 1. The molecule has 3 N–H and O–H groups in total. The second-order valence-corrected chi connectivity index (χ2v) is 6.76. The van der Waals surface area contributed by atoms with Gasteiger partial charge in [0.25, 0.3) is 0 Å². The maximum Gasteiger partial charge on any atom is 0.191 e. The van der Waals surface area contributed by atoms with Gasteiger partial charge in [0.2, 0.25) is 0 Å². The van der Waals surface area contributed by atoms with Crippen LogP contribution in [0.3, 0.4) is 0 Å². The molecular formula is C18H40IN5O2. The summed E-state index contributed by atoms with van der Waals surface area (Å²) in [6, 6.07) is 0. The van der Waals surface area contributed by atoms with Gasteiger partial charge >= 0.3 is 0 Å². The molecule has 0 aromatic rings. The standard InChI is InChI=1S/C18H39N5O2.HI/c1-4-19-18(21-10-15-22(2)11-6-16-25-3)20-9-5-12-23-13-7-17(24)8-14-23;/h17,24H,4-16H2,1-3H3,(H2,19,20,21);1H. The number of aliphatic imine (C=N–C) groups is 1. The Morgan fingerprint density at radius 3 is 2.62 bits per heavy atom. The maximum absolute atomic E-state index is 9.54. The highest BCUT2D eigenvalue weighted by Gasteiger charge is 2.15. The van der Waals surface area contributed by atoms with Gasteiger partial charge in [-0.3, -0.25) is 4.99 Å². The number of nitrogens with zero attached hydrogens (tertiary/aromatic N) is 3. The summed E-state index contributed by atoms with van der Waals surface area (Å²) in [6.07, 6.45) is 3.85. The molecule has 0 spiro atoms. The van der Waals surface area contributed by atoms with Crippen LogP contribution in [-0.4, -0.2) is 100 Å². The lowest BCUT2D eigenvalue weighted by atomic mass is 10.1. The number of ether oxygens (including phenoxy) is 1. The number of rotatable bonds is 12. The van der Waals surface area contributed by atoms with Gasteiger partial charge in [-0.05, 0) is 46.2 Å². The van der Waals surface area contributed by atoms with Crippen molar-refractivity contribution in [2.24, 2.45) is 4.99 Å². The normalized spacial score (nSPS) is 16.6. The van der Waals surface area contributed by atoms with Gasteiger partial charge in [0, 0.05) is 59.5 Å². The van der Waals surface area contributed by atoms with E-state index in [1.54, 1.807) is 7.11 Å². The highest BCUT2D eigenvalue weighted by atomic mass is 127. The number of likely N-dealkylation sites (N-methyl/N-ethyl adjacent to an activating group) is 1. The van der Waals surface area contributed by atoms with Crippen molar-refractivity contribution < 1.29 is 9.84 Å². The quantitative estimate of drug-likeness (QED) is 0.166. The summed E-state index contributed by atoms with van der Waals surface area (Å²) in [5, 5.41) is 16.2. The van der Waals surface area contributed by atoms with Crippen molar-refractivity contribution in [1.82, 2.24) is 20.4 Å². The summed E-state index contributed by atoms with van der Waals surface area (Å²) in [5.74, 6) is 0.904. The zero-order valence-electron chi connectivity index (χ0n) is 16.9. The molecule has 156 valence electrons. The third-order valence-electron chi connectivity index (χ3n) is 4.48. The molecule has 1 rings (SSSR count). The molecule has 1 aliphatic rings. The van der Waals surface area contributed by atoms with Crippen LogP contribution in [0, 0.1) is 0 Å². The Morgan fingerprint density at radius 1 is 1.23 bits per heavy atom. The molecule has 26 heavy (non-hydrogen) atoms. The minimum atomic E-state index is -0.0912. The van der Waals surface area contributed by atoms with E-state index in [0.717, 1.165) is 90.6 Å². The van der Waals surface area contributed by atoms with Crippen LogP contribution in [0.4, 0.5) is 0 Å². The van der Waals surface area contributed by atoms with Crippen molar-refractivity contribution in [2.75, 3.05) is 73.1 Å². The summed E-state index contributed by atoms with van der Waals surface area (Å²) in [7, 11) is 3.88. The number of aliphatic hydroxyl groups is 1. The molecule has 0 aliphatic carbocycles. The molecule has 1 saturated heterocycles. The lowest BCUT2D eigenvalue weighted by molar-refractivity contribution is 0.0824. The van der Waals surface area contributed by atoms with Gasteiger partial charge in [0.1, 0.15) is 0 Å². The van der Waals surface area contributed by atoms with Crippen LogP contribution in [0.5, 0.6) is 0 Å². The summed E-state index contributed by atoms with van der Waals surface area (Å²) in [5.41, 5.74) is 0. The highest BCUT2D eigenvalue weighted by Crippen LogP contribution is 2.09. The number of likely N-dealkylation sites (tertiary alicyclic amines) is 1. The van der Waals surface area contributed by atoms with Crippen LogP contribution < -0.4 is 10.6 Å². The molecule has 1 aliphatic heterocycles. The summed E-state index contributed by atoms with van der Waals surface area (Å²) in [4.78, 5) is 9.40.